The first-order valence-corrected chi connectivity index (χ1v) is 6.90. The van der Waals surface area contributed by atoms with Gasteiger partial charge in [0.15, 0.2) is 5.82 Å². The van der Waals surface area contributed by atoms with E-state index in [9.17, 15) is 9.90 Å². The first-order chi connectivity index (χ1) is 9.41. The fraction of sp³-hybridized carbons (Fsp3) is 0.643. The van der Waals surface area contributed by atoms with E-state index in [0.717, 1.165) is 25.9 Å². The van der Waals surface area contributed by atoms with Crippen LogP contribution in [-0.4, -0.2) is 59.4 Å². The summed E-state index contributed by atoms with van der Waals surface area (Å²) in [6.07, 6.45) is 2.12. The molecule has 1 aliphatic heterocycles. The van der Waals surface area contributed by atoms with Crippen LogP contribution in [-0.2, 0) is 0 Å². The highest BCUT2D eigenvalue weighted by Gasteiger charge is 2.31. The van der Waals surface area contributed by atoms with E-state index in [-0.39, 0.29) is 0 Å². The molecule has 6 heteroatoms. The zero-order valence-electron chi connectivity index (χ0n) is 12.6. The van der Waals surface area contributed by atoms with Crippen LogP contribution in [0.1, 0.15) is 34.5 Å². The van der Waals surface area contributed by atoms with E-state index in [4.69, 9.17) is 0 Å². The van der Waals surface area contributed by atoms with Gasteiger partial charge in [0.1, 0.15) is 5.56 Å². The van der Waals surface area contributed by atoms with Gasteiger partial charge in [0.2, 0.25) is 0 Å². The highest BCUT2D eigenvalue weighted by atomic mass is 16.4. The lowest BCUT2D eigenvalue weighted by atomic mass is 10.1. The molecule has 1 aromatic heterocycles. The maximum Gasteiger partial charge on any atom is 0.339 e. The van der Waals surface area contributed by atoms with E-state index in [2.05, 4.69) is 20.0 Å². The number of nitrogens with zero attached hydrogens (tertiary/aromatic N) is 4. The van der Waals surface area contributed by atoms with Gasteiger partial charge in [-0.1, -0.05) is 0 Å². The summed E-state index contributed by atoms with van der Waals surface area (Å²) in [5.41, 5.74) is 1.68. The van der Waals surface area contributed by atoms with Gasteiger partial charge in [-0.2, -0.15) is 5.10 Å². The molecule has 1 atom stereocenters. The van der Waals surface area contributed by atoms with Gasteiger partial charge in [-0.25, -0.2) is 4.79 Å². The molecule has 0 radical (unpaired) electrons. The second kappa shape index (κ2) is 5.75. The van der Waals surface area contributed by atoms with Crippen LogP contribution in [0.4, 0.5) is 5.82 Å². The Morgan fingerprint density at radius 2 is 2.10 bits per heavy atom. The minimum absolute atomic E-state index is 0.295. The van der Waals surface area contributed by atoms with Crippen LogP contribution in [0.5, 0.6) is 0 Å². The van der Waals surface area contributed by atoms with E-state index < -0.39 is 5.97 Å². The quantitative estimate of drug-likeness (QED) is 0.896. The molecule has 1 aliphatic rings. The fourth-order valence-electron chi connectivity index (χ4n) is 2.78. The van der Waals surface area contributed by atoms with Crippen LogP contribution in [0.3, 0.4) is 0 Å². The van der Waals surface area contributed by atoms with Gasteiger partial charge in [0, 0.05) is 19.1 Å². The summed E-state index contributed by atoms with van der Waals surface area (Å²) in [6, 6.07) is 0.305. The van der Waals surface area contributed by atoms with Crippen molar-refractivity contribution in [2.45, 2.75) is 32.7 Å². The summed E-state index contributed by atoms with van der Waals surface area (Å²) in [6.45, 7) is 5.33. The van der Waals surface area contributed by atoms with Gasteiger partial charge < -0.3 is 14.9 Å². The molecule has 6 nitrogen and oxygen atoms in total. The number of hydrogen-bond acceptors (Lipinski definition) is 5. The van der Waals surface area contributed by atoms with E-state index in [1.807, 2.05) is 14.1 Å². The average molecular weight is 278 g/mol. The summed E-state index contributed by atoms with van der Waals surface area (Å²) in [5.74, 6) is -0.407. The summed E-state index contributed by atoms with van der Waals surface area (Å²) in [7, 11) is 4.06. The Hall–Kier alpha value is -1.69. The molecule has 0 bridgehead atoms. The van der Waals surface area contributed by atoms with Gasteiger partial charge in [0.05, 0.1) is 5.69 Å². The number of rotatable bonds is 4. The lowest BCUT2D eigenvalue weighted by Gasteiger charge is -2.29. The zero-order valence-corrected chi connectivity index (χ0v) is 12.6. The van der Waals surface area contributed by atoms with E-state index >= 15 is 0 Å². The maximum atomic E-state index is 11.6. The Labute approximate surface area is 119 Å². The van der Waals surface area contributed by atoms with Crippen molar-refractivity contribution < 1.29 is 9.90 Å². The molecule has 110 valence electrons. The highest BCUT2D eigenvalue weighted by molar-refractivity contribution is 5.95. The lowest BCUT2D eigenvalue weighted by Crippen LogP contribution is -2.39. The fourth-order valence-corrected chi connectivity index (χ4v) is 2.78. The molecular formula is C14H22N4O2. The maximum absolute atomic E-state index is 11.6. The van der Waals surface area contributed by atoms with Crippen molar-refractivity contribution in [1.29, 1.82) is 0 Å². The molecule has 0 spiro atoms. The van der Waals surface area contributed by atoms with Gasteiger partial charge >= 0.3 is 5.97 Å². The number of carboxylic acids is 1. The predicted molar refractivity (Wildman–Crippen MR) is 77.4 cm³/mol. The zero-order chi connectivity index (χ0) is 14.9. The number of aromatic carboxylic acids is 1. The summed E-state index contributed by atoms with van der Waals surface area (Å²) in [5, 5.41) is 17.8. The molecule has 0 aliphatic carbocycles. The Kier molecular flexibility index (Phi) is 4.23. The molecule has 0 saturated carbocycles. The van der Waals surface area contributed by atoms with Gasteiger partial charge in [-0.3, -0.25) is 0 Å². The van der Waals surface area contributed by atoms with Crippen LogP contribution in [0, 0.1) is 13.8 Å². The molecule has 1 aromatic rings. The number of likely N-dealkylation sites (N-methyl/N-ethyl adjacent to an activating group) is 1. The number of aryl methyl sites for hydroxylation is 1. The molecule has 1 fully saturated rings. The second-order valence-electron chi connectivity index (χ2n) is 5.67. The smallest absolute Gasteiger partial charge is 0.339 e. The van der Waals surface area contributed by atoms with Gasteiger partial charge in [-0.05, 0) is 46.3 Å². The number of aromatic nitrogens is 2. The summed E-state index contributed by atoms with van der Waals surface area (Å²) in [4.78, 5) is 15.8. The van der Waals surface area contributed by atoms with Crippen LogP contribution < -0.4 is 4.90 Å². The first-order valence-electron chi connectivity index (χ1n) is 6.90. The number of carboxylic acid groups (broad SMARTS) is 1. The number of hydrogen-bond donors (Lipinski definition) is 1. The third-order valence-electron chi connectivity index (χ3n) is 3.87. The van der Waals surface area contributed by atoms with Crippen molar-refractivity contribution in [3.63, 3.8) is 0 Å². The number of carbonyl (C=O) groups is 1. The van der Waals surface area contributed by atoms with E-state index in [1.54, 1.807) is 13.8 Å². The third-order valence-corrected chi connectivity index (χ3v) is 3.87. The molecule has 1 unspecified atom stereocenters. The molecule has 20 heavy (non-hydrogen) atoms. The Morgan fingerprint density at radius 3 is 2.70 bits per heavy atom. The van der Waals surface area contributed by atoms with Crippen molar-refractivity contribution >= 4 is 11.8 Å². The Bertz CT molecular complexity index is 516. The first kappa shape index (κ1) is 14.7. The minimum atomic E-state index is -0.925. The summed E-state index contributed by atoms with van der Waals surface area (Å²) >= 11 is 0. The molecule has 0 aromatic carbocycles. The van der Waals surface area contributed by atoms with Gasteiger partial charge in [-0.15, -0.1) is 5.10 Å². The molecule has 0 amide bonds. The van der Waals surface area contributed by atoms with Crippen LogP contribution in [0.2, 0.25) is 0 Å². The topological polar surface area (TPSA) is 69.6 Å². The Morgan fingerprint density at radius 1 is 1.40 bits per heavy atom. The molecule has 2 heterocycles. The normalized spacial score (nSPS) is 18.9. The van der Waals surface area contributed by atoms with Crippen LogP contribution in [0.15, 0.2) is 0 Å². The van der Waals surface area contributed by atoms with Crippen molar-refractivity contribution in [3.8, 4) is 0 Å². The second-order valence-corrected chi connectivity index (χ2v) is 5.67. The SMILES string of the molecule is Cc1nnc(N2CCCC2CN(C)C)c(C(=O)O)c1C. The summed E-state index contributed by atoms with van der Waals surface area (Å²) < 4.78 is 0. The van der Waals surface area contributed by atoms with E-state index in [0.29, 0.717) is 28.7 Å². The highest BCUT2D eigenvalue weighted by Crippen LogP contribution is 2.29. The molecule has 1 saturated heterocycles. The molecule has 2 rings (SSSR count). The van der Waals surface area contributed by atoms with Crippen molar-refractivity contribution in [3.05, 3.63) is 16.8 Å². The standard InChI is InChI=1S/C14H22N4O2/c1-9-10(2)15-16-13(12(9)14(19)20)18-7-5-6-11(18)8-17(3)4/h11H,5-8H2,1-4H3,(H,19,20). The number of anilines is 1. The van der Waals surface area contributed by atoms with Crippen molar-refractivity contribution in [2.75, 3.05) is 32.1 Å². The van der Waals surface area contributed by atoms with E-state index in [1.165, 1.54) is 0 Å². The monoisotopic (exact) mass is 278 g/mol. The van der Waals surface area contributed by atoms with Crippen molar-refractivity contribution in [2.24, 2.45) is 0 Å². The van der Waals surface area contributed by atoms with Crippen LogP contribution in [0.25, 0.3) is 0 Å². The molecule has 1 N–H and O–H groups in total. The predicted octanol–water partition coefficient (Wildman–Crippen LogP) is 1.32. The minimum Gasteiger partial charge on any atom is -0.478 e. The van der Waals surface area contributed by atoms with Crippen molar-refractivity contribution in [1.82, 2.24) is 15.1 Å². The Balaban J connectivity index is 2.41. The largest absolute Gasteiger partial charge is 0.478 e. The lowest BCUT2D eigenvalue weighted by molar-refractivity contribution is 0.0696. The van der Waals surface area contributed by atoms with Gasteiger partial charge in [0.25, 0.3) is 0 Å². The average Bonchev–Trinajstić information content (AvgIpc) is 2.79. The van der Waals surface area contributed by atoms with Crippen LogP contribution >= 0.6 is 0 Å². The molecular weight excluding hydrogens is 256 g/mol. The third kappa shape index (κ3) is 2.75.